The van der Waals surface area contributed by atoms with E-state index in [-0.39, 0.29) is 0 Å². The van der Waals surface area contributed by atoms with E-state index in [1.807, 2.05) is 16.0 Å². The monoisotopic (exact) mass is 249 g/mol. The van der Waals surface area contributed by atoms with Crippen molar-refractivity contribution in [1.82, 2.24) is 15.0 Å². The summed E-state index contributed by atoms with van der Waals surface area (Å²) in [5.74, 6) is 0.581. The maximum Gasteiger partial charge on any atom is 0.0833 e. The average molecular weight is 249 g/mol. The SMILES string of the molecule is CCC(Cc1cn(CC)nn1)c1sccc1C. The first-order valence-corrected chi connectivity index (χ1v) is 7.05. The normalized spacial score (nSPS) is 12.9. The van der Waals surface area contributed by atoms with Gasteiger partial charge < -0.3 is 0 Å². The standard InChI is InChI=1S/C13H19N3S/c1-4-11(13-10(3)6-7-17-13)8-12-9-16(5-2)15-14-12/h6-7,9,11H,4-5,8H2,1-3H3. The first-order valence-electron chi connectivity index (χ1n) is 6.17. The second-order valence-electron chi connectivity index (χ2n) is 4.34. The predicted molar refractivity (Wildman–Crippen MR) is 71.5 cm³/mol. The third kappa shape index (κ3) is 2.75. The smallest absolute Gasteiger partial charge is 0.0833 e. The Bertz CT molecular complexity index is 472. The van der Waals surface area contributed by atoms with Crippen molar-refractivity contribution >= 4 is 11.3 Å². The fourth-order valence-electron chi connectivity index (χ4n) is 2.06. The lowest BCUT2D eigenvalue weighted by atomic mass is 9.96. The van der Waals surface area contributed by atoms with Crippen molar-refractivity contribution in [3.63, 3.8) is 0 Å². The molecule has 92 valence electrons. The second kappa shape index (κ2) is 5.45. The average Bonchev–Trinajstić information content (AvgIpc) is 2.95. The van der Waals surface area contributed by atoms with Crippen LogP contribution in [0.4, 0.5) is 0 Å². The van der Waals surface area contributed by atoms with E-state index in [9.17, 15) is 0 Å². The highest BCUT2D eigenvalue weighted by Crippen LogP contribution is 2.30. The van der Waals surface area contributed by atoms with Crippen molar-refractivity contribution in [2.75, 3.05) is 0 Å². The van der Waals surface area contributed by atoms with E-state index < -0.39 is 0 Å². The molecule has 0 radical (unpaired) electrons. The third-order valence-corrected chi connectivity index (χ3v) is 4.31. The highest BCUT2D eigenvalue weighted by atomic mass is 32.1. The van der Waals surface area contributed by atoms with Crippen LogP contribution in [0.2, 0.25) is 0 Å². The molecule has 1 unspecified atom stereocenters. The van der Waals surface area contributed by atoms with Crippen LogP contribution in [0.25, 0.3) is 0 Å². The molecule has 0 aliphatic rings. The van der Waals surface area contributed by atoms with E-state index >= 15 is 0 Å². The van der Waals surface area contributed by atoms with Gasteiger partial charge in [-0.2, -0.15) is 0 Å². The molecular formula is C13H19N3S. The van der Waals surface area contributed by atoms with Crippen molar-refractivity contribution in [1.29, 1.82) is 0 Å². The Morgan fingerprint density at radius 3 is 2.76 bits per heavy atom. The molecule has 0 fully saturated rings. The summed E-state index contributed by atoms with van der Waals surface area (Å²) < 4.78 is 1.89. The highest BCUT2D eigenvalue weighted by molar-refractivity contribution is 7.10. The molecule has 0 aliphatic heterocycles. The third-order valence-electron chi connectivity index (χ3n) is 3.13. The predicted octanol–water partition coefficient (Wildman–Crippen LogP) is 3.40. The summed E-state index contributed by atoms with van der Waals surface area (Å²) in [6, 6.07) is 2.20. The number of aromatic nitrogens is 3. The van der Waals surface area contributed by atoms with Crippen LogP contribution in [-0.2, 0) is 13.0 Å². The lowest BCUT2D eigenvalue weighted by Gasteiger charge is -2.12. The number of hydrogen-bond donors (Lipinski definition) is 0. The van der Waals surface area contributed by atoms with Crippen molar-refractivity contribution < 1.29 is 0 Å². The molecule has 2 aromatic heterocycles. The molecule has 0 spiro atoms. The van der Waals surface area contributed by atoms with E-state index in [4.69, 9.17) is 0 Å². The van der Waals surface area contributed by atoms with Crippen LogP contribution in [0, 0.1) is 6.92 Å². The van der Waals surface area contributed by atoms with Gasteiger partial charge in [0.25, 0.3) is 0 Å². The lowest BCUT2D eigenvalue weighted by Crippen LogP contribution is -2.01. The number of hydrogen-bond acceptors (Lipinski definition) is 3. The van der Waals surface area contributed by atoms with Crippen LogP contribution in [0.5, 0.6) is 0 Å². The molecule has 3 nitrogen and oxygen atoms in total. The van der Waals surface area contributed by atoms with Crippen molar-refractivity contribution in [2.24, 2.45) is 0 Å². The Balaban J connectivity index is 2.12. The lowest BCUT2D eigenvalue weighted by molar-refractivity contribution is 0.625. The zero-order valence-corrected chi connectivity index (χ0v) is 11.5. The molecule has 0 saturated carbocycles. The maximum atomic E-state index is 4.23. The summed E-state index contributed by atoms with van der Waals surface area (Å²) in [5, 5.41) is 10.5. The largest absolute Gasteiger partial charge is 0.253 e. The summed E-state index contributed by atoms with van der Waals surface area (Å²) in [4.78, 5) is 1.50. The van der Waals surface area contributed by atoms with Gasteiger partial charge in [0.1, 0.15) is 0 Å². The Kier molecular flexibility index (Phi) is 3.94. The van der Waals surface area contributed by atoms with Crippen molar-refractivity contribution in [2.45, 2.75) is 46.1 Å². The molecule has 2 aromatic rings. The number of thiophene rings is 1. The molecule has 1 atom stereocenters. The van der Waals surface area contributed by atoms with E-state index in [2.05, 4.69) is 48.7 Å². The van der Waals surface area contributed by atoms with Gasteiger partial charge in [-0.1, -0.05) is 12.1 Å². The number of rotatable bonds is 5. The molecule has 0 aliphatic carbocycles. The van der Waals surface area contributed by atoms with Gasteiger partial charge in [0.15, 0.2) is 0 Å². The molecular weight excluding hydrogens is 230 g/mol. The molecule has 2 rings (SSSR count). The summed E-state index contributed by atoms with van der Waals surface area (Å²) in [6.45, 7) is 7.41. The zero-order valence-electron chi connectivity index (χ0n) is 10.7. The van der Waals surface area contributed by atoms with Crippen LogP contribution >= 0.6 is 11.3 Å². The minimum Gasteiger partial charge on any atom is -0.253 e. The first kappa shape index (κ1) is 12.3. The van der Waals surface area contributed by atoms with Crippen molar-refractivity contribution in [3.05, 3.63) is 33.8 Å². The van der Waals surface area contributed by atoms with Gasteiger partial charge in [-0.15, -0.1) is 16.4 Å². The van der Waals surface area contributed by atoms with Gasteiger partial charge in [-0.25, -0.2) is 0 Å². The van der Waals surface area contributed by atoms with Crippen LogP contribution in [0.15, 0.2) is 17.6 Å². The fourth-order valence-corrected chi connectivity index (χ4v) is 3.18. The molecule has 0 aromatic carbocycles. The summed E-state index contributed by atoms with van der Waals surface area (Å²) in [7, 11) is 0. The van der Waals surface area contributed by atoms with Gasteiger partial charge in [-0.05, 0) is 43.2 Å². The molecule has 0 amide bonds. The van der Waals surface area contributed by atoms with Crippen molar-refractivity contribution in [3.8, 4) is 0 Å². The van der Waals surface area contributed by atoms with E-state index in [1.54, 1.807) is 0 Å². The molecule has 17 heavy (non-hydrogen) atoms. The Labute approximate surface area is 106 Å². The topological polar surface area (TPSA) is 30.7 Å². The zero-order chi connectivity index (χ0) is 12.3. The molecule has 0 bridgehead atoms. The fraction of sp³-hybridized carbons (Fsp3) is 0.538. The minimum atomic E-state index is 0.581. The van der Waals surface area contributed by atoms with E-state index in [0.717, 1.165) is 25.1 Å². The van der Waals surface area contributed by atoms with E-state index in [0.29, 0.717) is 5.92 Å². The van der Waals surface area contributed by atoms with Gasteiger partial charge in [-0.3, -0.25) is 4.68 Å². The number of nitrogens with zero attached hydrogens (tertiary/aromatic N) is 3. The van der Waals surface area contributed by atoms with Crippen LogP contribution in [0.3, 0.4) is 0 Å². The second-order valence-corrected chi connectivity index (χ2v) is 5.29. The van der Waals surface area contributed by atoms with Gasteiger partial charge in [0.05, 0.1) is 5.69 Å². The Morgan fingerprint density at radius 1 is 1.41 bits per heavy atom. The highest BCUT2D eigenvalue weighted by Gasteiger charge is 2.15. The maximum absolute atomic E-state index is 4.23. The summed E-state index contributed by atoms with van der Waals surface area (Å²) in [6.07, 6.45) is 4.21. The molecule has 2 heterocycles. The first-order chi connectivity index (χ1) is 8.24. The molecule has 4 heteroatoms. The van der Waals surface area contributed by atoms with Crippen LogP contribution < -0.4 is 0 Å². The quantitative estimate of drug-likeness (QED) is 0.813. The van der Waals surface area contributed by atoms with E-state index in [1.165, 1.54) is 10.4 Å². The summed E-state index contributed by atoms with van der Waals surface area (Å²) >= 11 is 1.86. The number of aryl methyl sites for hydroxylation is 2. The van der Waals surface area contributed by atoms with Crippen LogP contribution in [0.1, 0.15) is 42.3 Å². The molecule has 0 N–H and O–H groups in total. The Morgan fingerprint density at radius 2 is 2.24 bits per heavy atom. The van der Waals surface area contributed by atoms with Gasteiger partial charge in [0.2, 0.25) is 0 Å². The molecule has 0 saturated heterocycles. The Hall–Kier alpha value is -1.16. The summed E-state index contributed by atoms with van der Waals surface area (Å²) in [5.41, 5.74) is 2.51. The van der Waals surface area contributed by atoms with Crippen LogP contribution in [-0.4, -0.2) is 15.0 Å². The van der Waals surface area contributed by atoms with Gasteiger partial charge >= 0.3 is 0 Å². The minimum absolute atomic E-state index is 0.581. The van der Waals surface area contributed by atoms with Gasteiger partial charge in [0, 0.05) is 24.0 Å².